The summed E-state index contributed by atoms with van der Waals surface area (Å²) in [5.41, 5.74) is 0.939. The molecule has 0 aromatic heterocycles. The summed E-state index contributed by atoms with van der Waals surface area (Å²) in [6.45, 7) is 1.45. The molecule has 0 spiro atoms. The monoisotopic (exact) mass is 736 g/mol. The van der Waals surface area contributed by atoms with Crippen LogP contribution in [-0.4, -0.2) is 117 Å². The summed E-state index contributed by atoms with van der Waals surface area (Å²) in [7, 11) is 0. The Morgan fingerprint density at radius 1 is 0.462 bits per heavy atom. The highest BCUT2D eigenvalue weighted by atomic mass is 16.5. The zero-order valence-corrected chi connectivity index (χ0v) is 29.9. The number of nitrogens with zero attached hydrogens (tertiary/aromatic N) is 3. The predicted molar refractivity (Wildman–Crippen MR) is 187 cm³/mol. The van der Waals surface area contributed by atoms with E-state index in [2.05, 4.69) is 16.0 Å². The highest BCUT2D eigenvalue weighted by Gasteiger charge is 2.15. The van der Waals surface area contributed by atoms with Gasteiger partial charge in [-0.3, -0.25) is 49.2 Å². The largest absolute Gasteiger partial charge is 0.481 e. The van der Waals surface area contributed by atoms with Crippen LogP contribution in [0.2, 0.25) is 0 Å². The predicted octanol–water partition coefficient (Wildman–Crippen LogP) is 2.17. The first-order valence-corrected chi connectivity index (χ1v) is 17.9. The summed E-state index contributed by atoms with van der Waals surface area (Å²) < 4.78 is 0. The van der Waals surface area contributed by atoms with Crippen molar-refractivity contribution in [1.82, 2.24) is 31.1 Å². The van der Waals surface area contributed by atoms with Crippen molar-refractivity contribution in [3.8, 4) is 0 Å². The second kappa shape index (κ2) is 28.0. The van der Waals surface area contributed by atoms with Crippen molar-refractivity contribution in [1.29, 1.82) is 0 Å². The quantitative estimate of drug-likeness (QED) is 0.0357. The number of nitrogens with one attached hydrogen (secondary N) is 3. The van der Waals surface area contributed by atoms with Gasteiger partial charge in [0, 0.05) is 71.4 Å². The van der Waals surface area contributed by atoms with Gasteiger partial charge in [-0.2, -0.15) is 0 Å². The van der Waals surface area contributed by atoms with Gasteiger partial charge in [-0.1, -0.05) is 30.3 Å². The molecule has 0 unspecified atom stereocenters. The number of carbonyl (C=O) groups is 7. The molecule has 17 nitrogen and oxygen atoms in total. The molecule has 1 aromatic rings. The van der Waals surface area contributed by atoms with Crippen molar-refractivity contribution >= 4 is 41.4 Å². The van der Waals surface area contributed by atoms with Gasteiger partial charge in [0.25, 0.3) is 0 Å². The minimum Gasteiger partial charge on any atom is -0.481 e. The lowest BCUT2D eigenvalue weighted by molar-refractivity contribution is -0.166. The number of carboxylic acids is 1. The van der Waals surface area contributed by atoms with E-state index in [-0.39, 0.29) is 75.9 Å². The van der Waals surface area contributed by atoms with E-state index in [1.807, 2.05) is 30.3 Å². The third-order valence-corrected chi connectivity index (χ3v) is 7.86. The molecule has 0 aliphatic rings. The summed E-state index contributed by atoms with van der Waals surface area (Å²) in [6, 6.07) is 9.43. The summed E-state index contributed by atoms with van der Waals surface area (Å²) in [6.07, 6.45) is 4.46. The first-order chi connectivity index (χ1) is 24.9. The van der Waals surface area contributed by atoms with Crippen molar-refractivity contribution in [3.63, 3.8) is 0 Å². The topological polar surface area (TPSA) is 246 Å². The van der Waals surface area contributed by atoms with E-state index in [1.54, 1.807) is 0 Å². The average molecular weight is 737 g/mol. The highest BCUT2D eigenvalue weighted by Crippen LogP contribution is 2.05. The van der Waals surface area contributed by atoms with Gasteiger partial charge in [0.15, 0.2) is 0 Å². The summed E-state index contributed by atoms with van der Waals surface area (Å²) in [5, 5.41) is 48.0. The first kappa shape index (κ1) is 45.4. The molecule has 17 heteroatoms. The number of hydrogen-bond donors (Lipinski definition) is 7. The molecule has 7 N–H and O–H groups in total. The zero-order valence-electron chi connectivity index (χ0n) is 29.9. The molecular formula is C35H56N6O11. The molecule has 0 atom stereocenters. The zero-order chi connectivity index (χ0) is 38.6. The van der Waals surface area contributed by atoms with Crippen molar-refractivity contribution < 1.29 is 54.3 Å². The third kappa shape index (κ3) is 23.7. The van der Waals surface area contributed by atoms with Gasteiger partial charge >= 0.3 is 5.97 Å². The first-order valence-electron chi connectivity index (χ1n) is 17.9. The maximum atomic E-state index is 12.1. The van der Waals surface area contributed by atoms with Crippen LogP contribution < -0.4 is 16.0 Å². The molecule has 0 aliphatic carbocycles. The summed E-state index contributed by atoms with van der Waals surface area (Å²) >= 11 is 0. The molecule has 0 aliphatic heterocycles. The maximum absolute atomic E-state index is 12.1. The lowest BCUT2D eigenvalue weighted by Gasteiger charge is -2.15. The van der Waals surface area contributed by atoms with Crippen LogP contribution in [0.5, 0.6) is 0 Å². The fraction of sp³-hybridized carbons (Fsp3) is 0.629. The fourth-order valence-electron chi connectivity index (χ4n) is 4.81. The van der Waals surface area contributed by atoms with E-state index >= 15 is 0 Å². The lowest BCUT2D eigenvalue weighted by Crippen LogP contribution is -2.31. The fourth-order valence-corrected chi connectivity index (χ4v) is 4.81. The molecule has 1 rings (SSSR count). The summed E-state index contributed by atoms with van der Waals surface area (Å²) in [4.78, 5) is 82.3. The smallest absolute Gasteiger partial charge is 0.303 e. The van der Waals surface area contributed by atoms with Crippen LogP contribution in [0.15, 0.2) is 30.3 Å². The van der Waals surface area contributed by atoms with E-state index in [0.29, 0.717) is 99.0 Å². The van der Waals surface area contributed by atoms with Crippen molar-refractivity contribution in [2.24, 2.45) is 0 Å². The molecule has 0 heterocycles. The minimum atomic E-state index is -1.12. The molecule has 0 saturated heterocycles. The molecule has 0 radical (unpaired) electrons. The minimum absolute atomic E-state index is 0.0538. The number of hydrogen-bond acceptors (Lipinski definition) is 10. The van der Waals surface area contributed by atoms with E-state index < -0.39 is 23.7 Å². The molecule has 1 aromatic carbocycles. The number of amides is 6. The Hall–Kier alpha value is -4.61. The van der Waals surface area contributed by atoms with Gasteiger partial charge in [0.2, 0.25) is 35.4 Å². The van der Waals surface area contributed by atoms with E-state index in [9.17, 15) is 49.2 Å². The van der Waals surface area contributed by atoms with Gasteiger partial charge in [-0.15, -0.1) is 0 Å². The van der Waals surface area contributed by atoms with Gasteiger partial charge in [-0.05, 0) is 63.4 Å². The van der Waals surface area contributed by atoms with Crippen LogP contribution in [-0.2, 0) is 40.0 Å². The number of unbranched alkanes of at least 4 members (excludes halogenated alkanes) is 6. The normalized spacial score (nSPS) is 10.6. The molecule has 0 saturated carbocycles. The van der Waals surface area contributed by atoms with Crippen LogP contribution in [0.4, 0.5) is 0 Å². The van der Waals surface area contributed by atoms with Crippen LogP contribution in [0.1, 0.15) is 102 Å². The second-order valence-electron chi connectivity index (χ2n) is 12.3. The molecule has 6 amide bonds. The number of aliphatic carboxylic acids is 1. The Labute approximate surface area is 304 Å². The molecular weight excluding hydrogens is 680 g/mol. The Balaban J connectivity index is 1.99. The van der Waals surface area contributed by atoms with Gasteiger partial charge in [0.1, 0.15) is 0 Å². The van der Waals surface area contributed by atoms with Gasteiger partial charge in [-0.25, -0.2) is 15.2 Å². The number of carboxylic acid groups (broad SMARTS) is 1. The average Bonchev–Trinajstić information content (AvgIpc) is 3.12. The second-order valence-corrected chi connectivity index (χ2v) is 12.3. The Bertz CT molecular complexity index is 1250. The number of carbonyl (C=O) groups excluding carboxylic acids is 6. The van der Waals surface area contributed by atoms with Crippen LogP contribution in [0.25, 0.3) is 0 Å². The molecule has 52 heavy (non-hydrogen) atoms. The molecule has 0 bridgehead atoms. The maximum Gasteiger partial charge on any atom is 0.303 e. The summed E-state index contributed by atoms with van der Waals surface area (Å²) in [5.74, 6) is -3.68. The molecule has 0 fully saturated rings. The standard InChI is InChI=1S/C35H56N6O11/c42-29(16-18-33(46)40(51)25-12-4-9-23-38-31(44)27-28-13-5-1-6-14-28)36-21-7-2-10-24-39(50)32(45)17-15-30(43)37-22-8-3-11-26-41(52)34(47)19-20-35(48)49/h1,5-6,13-14,50-52H,2-4,7-12,15-27H2,(H,36,42)(H,37,43)(H,38,44)(H,48,49). The van der Waals surface area contributed by atoms with Crippen LogP contribution >= 0.6 is 0 Å². The highest BCUT2D eigenvalue weighted by molar-refractivity contribution is 5.84. The van der Waals surface area contributed by atoms with Gasteiger partial charge < -0.3 is 21.1 Å². The third-order valence-electron chi connectivity index (χ3n) is 7.86. The van der Waals surface area contributed by atoms with Crippen LogP contribution in [0.3, 0.4) is 0 Å². The number of hydroxylamine groups is 6. The van der Waals surface area contributed by atoms with Crippen molar-refractivity contribution in [2.75, 3.05) is 39.3 Å². The lowest BCUT2D eigenvalue weighted by atomic mass is 10.1. The Morgan fingerprint density at radius 2 is 0.827 bits per heavy atom. The molecule has 292 valence electrons. The number of benzene rings is 1. The van der Waals surface area contributed by atoms with E-state index in [4.69, 9.17) is 5.11 Å². The Kier molecular flexibility index (Phi) is 24.5. The SMILES string of the molecule is O=C(O)CCC(=O)N(O)CCCCCNC(=O)CCC(=O)N(O)CCCCCNC(=O)CCC(=O)N(O)CCCCCNC(=O)Cc1ccccc1. The van der Waals surface area contributed by atoms with Crippen molar-refractivity contribution in [3.05, 3.63) is 35.9 Å². The van der Waals surface area contributed by atoms with Crippen LogP contribution in [0, 0.1) is 0 Å². The number of rotatable bonds is 29. The van der Waals surface area contributed by atoms with Crippen molar-refractivity contribution in [2.45, 2.75) is 103 Å². The van der Waals surface area contributed by atoms with E-state index in [0.717, 1.165) is 5.56 Å². The van der Waals surface area contributed by atoms with E-state index in [1.165, 1.54) is 0 Å². The van der Waals surface area contributed by atoms with Gasteiger partial charge in [0.05, 0.1) is 12.8 Å². The Morgan fingerprint density at radius 3 is 1.21 bits per heavy atom.